The van der Waals surface area contributed by atoms with E-state index < -0.39 is 5.97 Å². The van der Waals surface area contributed by atoms with Gasteiger partial charge in [-0.15, -0.1) is 0 Å². The van der Waals surface area contributed by atoms with E-state index in [1.54, 1.807) is 12.0 Å². The summed E-state index contributed by atoms with van der Waals surface area (Å²) >= 11 is 0. The van der Waals surface area contributed by atoms with Gasteiger partial charge in [-0.3, -0.25) is 9.69 Å². The lowest BCUT2D eigenvalue weighted by molar-refractivity contribution is -0.138. The lowest BCUT2D eigenvalue weighted by atomic mass is 9.77. The van der Waals surface area contributed by atoms with Crippen molar-refractivity contribution in [2.45, 2.75) is 44.4 Å². The van der Waals surface area contributed by atoms with Gasteiger partial charge < -0.3 is 15.2 Å². The predicted molar refractivity (Wildman–Crippen MR) is 142 cm³/mol. The van der Waals surface area contributed by atoms with E-state index >= 15 is 0 Å². The van der Waals surface area contributed by atoms with E-state index in [2.05, 4.69) is 41.7 Å². The molecule has 6 heteroatoms. The van der Waals surface area contributed by atoms with Crippen LogP contribution in [0.25, 0.3) is 11.1 Å². The highest BCUT2D eigenvalue weighted by Gasteiger charge is 2.26. The molecule has 186 valence electrons. The highest BCUT2D eigenvalue weighted by molar-refractivity contribution is 6.03. The Balaban J connectivity index is 1.23. The molecule has 0 aromatic heterocycles. The lowest BCUT2D eigenvalue weighted by Crippen LogP contribution is -2.33. The molecule has 0 atom stereocenters. The topological polar surface area (TPSA) is 78.9 Å². The van der Waals surface area contributed by atoms with Crippen molar-refractivity contribution >= 4 is 23.4 Å². The summed E-state index contributed by atoms with van der Waals surface area (Å²) < 4.78 is 5.18. The molecule has 2 amide bonds. The molecule has 1 heterocycles. The van der Waals surface area contributed by atoms with Crippen LogP contribution in [0.5, 0.6) is 5.75 Å². The summed E-state index contributed by atoms with van der Waals surface area (Å²) in [4.78, 5) is 25.7. The number of rotatable bonds is 6. The first-order valence-corrected chi connectivity index (χ1v) is 12.7. The number of benzene rings is 3. The Labute approximate surface area is 211 Å². The normalized spacial score (nSPS) is 19.0. The Morgan fingerprint density at radius 3 is 2.31 bits per heavy atom. The van der Waals surface area contributed by atoms with Crippen molar-refractivity contribution in [3.05, 3.63) is 77.9 Å². The SMILES string of the molecule is COc1ccc(NC(=O)N2CCc3cc(-c4ccc(C5CCC(CC(=O)O)CC5)cc4)ccc32)cc1. The number of nitrogens with zero attached hydrogens (tertiary/aromatic N) is 1. The van der Waals surface area contributed by atoms with E-state index in [0.717, 1.165) is 54.8 Å². The molecule has 1 aliphatic carbocycles. The highest BCUT2D eigenvalue weighted by Crippen LogP contribution is 2.38. The van der Waals surface area contributed by atoms with Gasteiger partial charge in [-0.1, -0.05) is 30.3 Å². The average molecular weight is 485 g/mol. The Morgan fingerprint density at radius 1 is 0.944 bits per heavy atom. The van der Waals surface area contributed by atoms with Crippen molar-refractivity contribution in [2.75, 3.05) is 23.9 Å². The maximum atomic E-state index is 12.9. The molecule has 2 N–H and O–H groups in total. The van der Waals surface area contributed by atoms with Crippen LogP contribution in [0, 0.1) is 5.92 Å². The summed E-state index contributed by atoms with van der Waals surface area (Å²) in [7, 11) is 1.62. The average Bonchev–Trinajstić information content (AvgIpc) is 3.33. The van der Waals surface area contributed by atoms with Gasteiger partial charge in [0.2, 0.25) is 0 Å². The van der Waals surface area contributed by atoms with E-state index in [9.17, 15) is 9.59 Å². The van der Waals surface area contributed by atoms with Gasteiger partial charge in [0.15, 0.2) is 0 Å². The van der Waals surface area contributed by atoms with Gasteiger partial charge in [0, 0.05) is 24.3 Å². The summed E-state index contributed by atoms with van der Waals surface area (Å²) in [6, 6.07) is 22.3. The number of nitrogens with one attached hydrogen (secondary N) is 1. The van der Waals surface area contributed by atoms with Gasteiger partial charge in [-0.25, -0.2) is 4.79 Å². The first kappa shape index (κ1) is 23.9. The highest BCUT2D eigenvalue weighted by atomic mass is 16.5. The molecule has 3 aromatic carbocycles. The molecular formula is C30H32N2O4. The number of anilines is 2. The minimum Gasteiger partial charge on any atom is -0.497 e. The molecule has 6 nitrogen and oxygen atoms in total. The third-order valence-corrected chi connectivity index (χ3v) is 7.59. The van der Waals surface area contributed by atoms with Gasteiger partial charge in [0.25, 0.3) is 0 Å². The number of urea groups is 1. The summed E-state index contributed by atoms with van der Waals surface area (Å²) in [5, 5.41) is 12.0. The van der Waals surface area contributed by atoms with Gasteiger partial charge in [0.1, 0.15) is 5.75 Å². The molecule has 36 heavy (non-hydrogen) atoms. The minimum absolute atomic E-state index is 0.130. The largest absolute Gasteiger partial charge is 0.497 e. The molecule has 1 fully saturated rings. The van der Waals surface area contributed by atoms with E-state index in [1.165, 1.54) is 16.7 Å². The van der Waals surface area contributed by atoms with Crippen LogP contribution in [0.2, 0.25) is 0 Å². The Kier molecular flexibility index (Phi) is 6.94. The number of ether oxygens (including phenoxy) is 1. The number of fused-ring (bicyclic) bond motifs is 1. The fourth-order valence-electron chi connectivity index (χ4n) is 5.55. The molecule has 0 radical (unpaired) electrons. The van der Waals surface area contributed by atoms with E-state index in [0.29, 0.717) is 24.8 Å². The first-order valence-electron chi connectivity index (χ1n) is 12.7. The van der Waals surface area contributed by atoms with Crippen LogP contribution in [0.3, 0.4) is 0 Å². The fourth-order valence-corrected chi connectivity index (χ4v) is 5.55. The van der Waals surface area contributed by atoms with Gasteiger partial charge in [-0.2, -0.15) is 0 Å². The van der Waals surface area contributed by atoms with Crippen LogP contribution in [-0.4, -0.2) is 30.8 Å². The third-order valence-electron chi connectivity index (χ3n) is 7.59. The molecule has 2 aliphatic rings. The summed E-state index contributed by atoms with van der Waals surface area (Å²) in [5.41, 5.74) is 6.54. The maximum Gasteiger partial charge on any atom is 0.326 e. The van der Waals surface area contributed by atoms with Crippen LogP contribution in [0.15, 0.2) is 66.7 Å². The van der Waals surface area contributed by atoms with Crippen LogP contribution >= 0.6 is 0 Å². The number of methoxy groups -OCH3 is 1. The molecule has 1 aliphatic heterocycles. The number of carbonyl (C=O) groups excluding carboxylic acids is 1. The van der Waals surface area contributed by atoms with Crippen molar-refractivity contribution in [3.8, 4) is 16.9 Å². The van der Waals surface area contributed by atoms with Crippen molar-refractivity contribution < 1.29 is 19.4 Å². The zero-order valence-electron chi connectivity index (χ0n) is 20.6. The number of carboxylic acids is 1. The van der Waals surface area contributed by atoms with Crippen LogP contribution < -0.4 is 15.0 Å². The second-order valence-electron chi connectivity index (χ2n) is 9.84. The van der Waals surface area contributed by atoms with Gasteiger partial charge >= 0.3 is 12.0 Å². The second kappa shape index (κ2) is 10.4. The van der Waals surface area contributed by atoms with Gasteiger partial charge in [0.05, 0.1) is 7.11 Å². The van der Waals surface area contributed by atoms with Crippen molar-refractivity contribution in [1.82, 2.24) is 0 Å². The molecule has 1 saturated carbocycles. The van der Waals surface area contributed by atoms with Crippen molar-refractivity contribution in [2.24, 2.45) is 5.92 Å². The number of hydrogen-bond acceptors (Lipinski definition) is 3. The smallest absolute Gasteiger partial charge is 0.326 e. The summed E-state index contributed by atoms with van der Waals surface area (Å²) in [5.74, 6) is 0.908. The Bertz CT molecular complexity index is 1230. The Morgan fingerprint density at radius 2 is 1.64 bits per heavy atom. The lowest BCUT2D eigenvalue weighted by Gasteiger charge is -2.28. The van der Waals surface area contributed by atoms with Crippen LogP contribution in [-0.2, 0) is 11.2 Å². The fraction of sp³-hybridized carbons (Fsp3) is 0.333. The molecule has 3 aromatic rings. The molecule has 0 spiro atoms. The zero-order chi connectivity index (χ0) is 25.1. The number of aliphatic carboxylic acids is 1. The summed E-state index contributed by atoms with van der Waals surface area (Å²) in [6.45, 7) is 0.657. The molecule has 0 saturated heterocycles. The van der Waals surface area contributed by atoms with Crippen LogP contribution in [0.4, 0.5) is 16.2 Å². The quantitative estimate of drug-likeness (QED) is 0.408. The molecule has 0 unspecified atom stereocenters. The van der Waals surface area contributed by atoms with E-state index in [-0.39, 0.29) is 6.03 Å². The zero-order valence-corrected chi connectivity index (χ0v) is 20.6. The van der Waals surface area contributed by atoms with Gasteiger partial charge in [-0.05, 0) is 103 Å². The number of carboxylic acid groups (broad SMARTS) is 1. The Hall–Kier alpha value is -3.80. The minimum atomic E-state index is -0.682. The second-order valence-corrected chi connectivity index (χ2v) is 9.84. The van der Waals surface area contributed by atoms with E-state index in [4.69, 9.17) is 9.84 Å². The summed E-state index contributed by atoms with van der Waals surface area (Å²) in [6.07, 6.45) is 5.23. The van der Waals surface area contributed by atoms with E-state index in [1.807, 2.05) is 30.3 Å². The standard InChI is InChI=1S/C30H32N2O4/c1-36-27-13-11-26(12-14-27)31-30(35)32-17-16-25-19-24(10-15-28(25)32)23-8-6-22(7-9-23)21-4-2-20(3-5-21)18-29(33)34/h6-15,19-21H,2-5,16-18H2,1H3,(H,31,35)(H,33,34). The first-order chi connectivity index (χ1) is 17.5. The van der Waals surface area contributed by atoms with Crippen molar-refractivity contribution in [3.63, 3.8) is 0 Å². The molecule has 5 rings (SSSR count). The third kappa shape index (κ3) is 5.23. The number of carbonyl (C=O) groups is 2. The van der Waals surface area contributed by atoms with Crippen molar-refractivity contribution in [1.29, 1.82) is 0 Å². The number of hydrogen-bond donors (Lipinski definition) is 2. The molecule has 0 bridgehead atoms. The number of amides is 2. The van der Waals surface area contributed by atoms with Crippen LogP contribution in [0.1, 0.15) is 49.1 Å². The predicted octanol–water partition coefficient (Wildman–Crippen LogP) is 6.71. The maximum absolute atomic E-state index is 12.9. The monoisotopic (exact) mass is 484 g/mol. The molecular weight excluding hydrogens is 452 g/mol.